The molecule has 4 heteroatoms. The molecule has 4 nitrogen and oxygen atoms in total. The third kappa shape index (κ3) is 66.6. The van der Waals surface area contributed by atoms with E-state index >= 15 is 0 Å². The average molecular weight is 1120 g/mol. The first kappa shape index (κ1) is 77.8. The van der Waals surface area contributed by atoms with E-state index in [9.17, 15) is 15.0 Å². The van der Waals surface area contributed by atoms with Crippen molar-refractivity contribution in [1.29, 1.82) is 0 Å². The first-order valence-corrected chi connectivity index (χ1v) is 36.2. The Kier molecular flexibility index (Phi) is 69.2. The van der Waals surface area contributed by atoms with E-state index < -0.39 is 12.1 Å². The highest BCUT2D eigenvalue weighted by molar-refractivity contribution is 5.76. The zero-order valence-corrected chi connectivity index (χ0v) is 54.1. The number of amides is 1. The highest BCUT2D eigenvalue weighted by Crippen LogP contribution is 2.19. The van der Waals surface area contributed by atoms with Gasteiger partial charge in [0.05, 0.1) is 18.8 Å². The molecule has 0 saturated heterocycles. The summed E-state index contributed by atoms with van der Waals surface area (Å²) in [5.74, 6) is -0.0582. The van der Waals surface area contributed by atoms with Crippen LogP contribution in [0.5, 0.6) is 0 Å². The molecule has 0 aromatic heterocycles. The van der Waals surface area contributed by atoms with Crippen LogP contribution in [0.1, 0.15) is 386 Å². The molecule has 1 amide bonds. The molecular weight excluding hydrogens is 975 g/mol. The van der Waals surface area contributed by atoms with Gasteiger partial charge in [-0.1, -0.05) is 389 Å². The molecule has 0 fully saturated rings. The Morgan fingerprint density at radius 2 is 0.550 bits per heavy atom. The van der Waals surface area contributed by atoms with E-state index in [4.69, 9.17) is 0 Å². The van der Waals surface area contributed by atoms with E-state index in [-0.39, 0.29) is 12.5 Å². The Morgan fingerprint density at radius 3 is 0.825 bits per heavy atom. The summed E-state index contributed by atoms with van der Waals surface area (Å²) < 4.78 is 0. The summed E-state index contributed by atoms with van der Waals surface area (Å²) in [5.41, 5.74) is 0. The molecule has 3 N–H and O–H groups in total. The van der Waals surface area contributed by atoms with E-state index in [1.165, 1.54) is 308 Å². The second-order valence-corrected chi connectivity index (χ2v) is 24.6. The van der Waals surface area contributed by atoms with Crippen molar-refractivity contribution in [2.24, 2.45) is 0 Å². The van der Waals surface area contributed by atoms with Gasteiger partial charge in [-0.3, -0.25) is 4.79 Å². The molecule has 0 saturated carbocycles. The second kappa shape index (κ2) is 71.1. The van der Waals surface area contributed by atoms with Gasteiger partial charge >= 0.3 is 0 Å². The molecule has 0 rings (SSSR count). The molecule has 0 radical (unpaired) electrons. The van der Waals surface area contributed by atoms with Crippen molar-refractivity contribution in [3.05, 3.63) is 72.9 Å². The van der Waals surface area contributed by atoms with Crippen molar-refractivity contribution in [2.75, 3.05) is 6.61 Å². The molecular formula is C76H141NO3. The molecule has 0 aliphatic heterocycles. The van der Waals surface area contributed by atoms with Gasteiger partial charge in [-0.2, -0.15) is 0 Å². The first-order chi connectivity index (χ1) is 39.7. The summed E-state index contributed by atoms with van der Waals surface area (Å²) in [6.45, 7) is 4.24. The van der Waals surface area contributed by atoms with Crippen LogP contribution in [0.4, 0.5) is 0 Å². The third-order valence-corrected chi connectivity index (χ3v) is 16.7. The van der Waals surface area contributed by atoms with Crippen LogP contribution in [0, 0.1) is 0 Å². The molecule has 2 unspecified atom stereocenters. The number of allylic oxidation sites excluding steroid dienone is 11. The number of carbonyl (C=O) groups excluding carboxylic acids is 1. The Balaban J connectivity index is 3.43. The standard InChI is InChI=1S/C76H141NO3/c1-3-5-7-9-11-13-15-17-19-21-23-25-27-29-31-33-35-37-38-40-42-44-46-48-50-52-54-56-58-60-62-64-66-68-70-72-76(80)77-74(73-78)75(79)71-69-67-65-63-61-59-57-55-53-51-49-47-45-43-41-39-36-34-32-30-28-26-24-22-20-18-16-14-12-10-8-6-4-2/h5,7,11,13,17,19,23,25,29,31,69,71,74-75,78-79H,3-4,6,8-10,12,14-16,18,20-22,24,26-28,30,32-68,70,72-73H2,1-2H3,(H,77,80)/b7-5-,13-11-,19-17-,25-23-,31-29-,71-69+. The maximum atomic E-state index is 12.6. The zero-order chi connectivity index (χ0) is 57.6. The van der Waals surface area contributed by atoms with E-state index in [1.54, 1.807) is 6.08 Å². The van der Waals surface area contributed by atoms with Crippen molar-refractivity contribution >= 4 is 5.91 Å². The predicted octanol–water partition coefficient (Wildman–Crippen LogP) is 24.8. The molecule has 2 atom stereocenters. The van der Waals surface area contributed by atoms with Crippen LogP contribution >= 0.6 is 0 Å². The van der Waals surface area contributed by atoms with Gasteiger partial charge in [-0.15, -0.1) is 0 Å². The maximum Gasteiger partial charge on any atom is 0.220 e. The fourth-order valence-electron chi connectivity index (χ4n) is 11.3. The Labute approximate surface area is 501 Å². The van der Waals surface area contributed by atoms with Gasteiger partial charge in [0.1, 0.15) is 0 Å². The average Bonchev–Trinajstić information content (AvgIpc) is 3.46. The molecule has 0 heterocycles. The van der Waals surface area contributed by atoms with Crippen LogP contribution in [0.15, 0.2) is 72.9 Å². The van der Waals surface area contributed by atoms with Crippen molar-refractivity contribution in [1.82, 2.24) is 5.32 Å². The number of carbonyl (C=O) groups is 1. The van der Waals surface area contributed by atoms with Crippen molar-refractivity contribution in [3.63, 3.8) is 0 Å². The lowest BCUT2D eigenvalue weighted by Gasteiger charge is -2.20. The molecule has 0 aromatic rings. The number of nitrogens with one attached hydrogen (secondary N) is 1. The van der Waals surface area contributed by atoms with Gasteiger partial charge in [0, 0.05) is 6.42 Å². The number of hydrogen-bond donors (Lipinski definition) is 3. The van der Waals surface area contributed by atoms with Crippen molar-refractivity contribution in [3.8, 4) is 0 Å². The van der Waals surface area contributed by atoms with Crippen molar-refractivity contribution in [2.45, 2.75) is 398 Å². The fraction of sp³-hybridized carbons (Fsp3) is 0.829. The number of aliphatic hydroxyl groups excluding tert-OH is 2. The van der Waals surface area contributed by atoms with Gasteiger partial charge in [-0.05, 0) is 64.2 Å². The second-order valence-electron chi connectivity index (χ2n) is 24.6. The van der Waals surface area contributed by atoms with Gasteiger partial charge in [-0.25, -0.2) is 0 Å². The number of rotatable bonds is 67. The number of aliphatic hydroxyl groups is 2. The number of hydrogen-bond acceptors (Lipinski definition) is 3. The minimum Gasteiger partial charge on any atom is -0.394 e. The van der Waals surface area contributed by atoms with E-state index in [0.717, 1.165) is 57.8 Å². The minimum absolute atomic E-state index is 0.0582. The lowest BCUT2D eigenvalue weighted by molar-refractivity contribution is -0.123. The smallest absolute Gasteiger partial charge is 0.220 e. The Morgan fingerprint density at radius 1 is 0.312 bits per heavy atom. The topological polar surface area (TPSA) is 69.6 Å². The van der Waals surface area contributed by atoms with Crippen LogP contribution in [-0.4, -0.2) is 34.9 Å². The summed E-state index contributed by atoms with van der Waals surface area (Å²) in [7, 11) is 0. The van der Waals surface area contributed by atoms with Crippen LogP contribution in [0.25, 0.3) is 0 Å². The van der Waals surface area contributed by atoms with Gasteiger partial charge in [0.2, 0.25) is 5.91 Å². The molecule has 468 valence electrons. The highest BCUT2D eigenvalue weighted by atomic mass is 16.3. The Bertz CT molecular complexity index is 1360. The lowest BCUT2D eigenvalue weighted by Crippen LogP contribution is -2.45. The minimum atomic E-state index is -0.843. The van der Waals surface area contributed by atoms with Gasteiger partial charge in [0.25, 0.3) is 0 Å². The van der Waals surface area contributed by atoms with Gasteiger partial charge < -0.3 is 15.5 Å². The Hall–Kier alpha value is -2.17. The van der Waals surface area contributed by atoms with E-state index in [0.29, 0.717) is 6.42 Å². The molecule has 0 spiro atoms. The SMILES string of the molecule is CC/C=C\C/C=C\C/C=C\C/C=C\C/C=C\CCCCCCCCCCCCCCCCCCCCCC(=O)NC(CO)C(O)/C=C/CCCCCCCCCCCCCCCCCCCCCCCCCCCCCCCCC. The monoisotopic (exact) mass is 1120 g/mol. The van der Waals surface area contributed by atoms with Crippen LogP contribution in [-0.2, 0) is 4.79 Å². The summed E-state index contributed by atoms with van der Waals surface area (Å²) in [6.07, 6.45) is 103. The molecule has 80 heavy (non-hydrogen) atoms. The first-order valence-electron chi connectivity index (χ1n) is 36.2. The molecule has 0 aliphatic carbocycles. The van der Waals surface area contributed by atoms with E-state index in [1.807, 2.05) is 6.08 Å². The predicted molar refractivity (Wildman–Crippen MR) is 359 cm³/mol. The summed E-state index contributed by atoms with van der Waals surface area (Å²) in [6, 6.07) is -0.626. The quantitative estimate of drug-likeness (QED) is 0.0420. The molecule has 0 bridgehead atoms. The summed E-state index contributed by atoms with van der Waals surface area (Å²) in [5, 5.41) is 23.3. The zero-order valence-electron chi connectivity index (χ0n) is 54.1. The molecule has 0 aliphatic rings. The molecule has 0 aromatic carbocycles. The normalized spacial score (nSPS) is 13.1. The van der Waals surface area contributed by atoms with Crippen LogP contribution in [0.3, 0.4) is 0 Å². The highest BCUT2D eigenvalue weighted by Gasteiger charge is 2.18. The fourth-order valence-corrected chi connectivity index (χ4v) is 11.3. The lowest BCUT2D eigenvalue weighted by atomic mass is 10.0. The summed E-state index contributed by atoms with van der Waals surface area (Å²) >= 11 is 0. The van der Waals surface area contributed by atoms with Gasteiger partial charge in [0.15, 0.2) is 0 Å². The third-order valence-electron chi connectivity index (χ3n) is 16.7. The maximum absolute atomic E-state index is 12.6. The van der Waals surface area contributed by atoms with E-state index in [2.05, 4.69) is 79.9 Å². The van der Waals surface area contributed by atoms with Crippen LogP contribution in [0.2, 0.25) is 0 Å². The largest absolute Gasteiger partial charge is 0.394 e. The van der Waals surface area contributed by atoms with Crippen molar-refractivity contribution < 1.29 is 15.0 Å². The summed E-state index contributed by atoms with van der Waals surface area (Å²) in [4.78, 5) is 12.6. The van der Waals surface area contributed by atoms with Crippen LogP contribution < -0.4 is 5.32 Å². The number of unbranched alkanes of at least 4 members (excludes halogenated alkanes) is 50.